The molecule has 31 heavy (non-hydrogen) atoms. The normalized spacial score (nSPS) is 24.7. The van der Waals surface area contributed by atoms with E-state index in [9.17, 15) is 14.0 Å². The molecule has 7 heteroatoms. The van der Waals surface area contributed by atoms with Gasteiger partial charge in [0.05, 0.1) is 4.91 Å². The minimum Gasteiger partial charge on any atom is -0.356 e. The van der Waals surface area contributed by atoms with Gasteiger partial charge in [0.25, 0.3) is 5.91 Å². The summed E-state index contributed by atoms with van der Waals surface area (Å²) in [7, 11) is 0. The number of thioether (sulfide) groups is 2. The van der Waals surface area contributed by atoms with Gasteiger partial charge in [0.15, 0.2) is 0 Å². The van der Waals surface area contributed by atoms with Crippen molar-refractivity contribution in [1.29, 1.82) is 0 Å². The van der Waals surface area contributed by atoms with Crippen LogP contribution in [-0.4, -0.2) is 41.2 Å². The molecule has 2 fully saturated rings. The fourth-order valence-electron chi connectivity index (χ4n) is 3.91. The van der Waals surface area contributed by atoms with Gasteiger partial charge < -0.3 is 10.6 Å². The van der Waals surface area contributed by atoms with Crippen LogP contribution in [0.2, 0.25) is 0 Å². The van der Waals surface area contributed by atoms with Gasteiger partial charge in [-0.3, -0.25) is 9.59 Å². The van der Waals surface area contributed by atoms with Crippen molar-refractivity contribution in [2.75, 3.05) is 18.1 Å². The van der Waals surface area contributed by atoms with E-state index in [1.54, 1.807) is 24.3 Å². The second-order valence-electron chi connectivity index (χ2n) is 8.72. The Labute approximate surface area is 193 Å². The number of amides is 2. The Balaban J connectivity index is 1.43. The lowest BCUT2D eigenvalue weighted by atomic mass is 9.84. The number of halogens is 1. The first-order valence-corrected chi connectivity index (χ1v) is 13.3. The number of nitrogens with one attached hydrogen (secondary N) is 2. The highest BCUT2D eigenvalue weighted by Crippen LogP contribution is 2.40. The Bertz CT molecular complexity index is 800. The number of rotatable bonds is 9. The van der Waals surface area contributed by atoms with Crippen LogP contribution in [0.1, 0.15) is 51.5 Å². The predicted octanol–water partition coefficient (Wildman–Crippen LogP) is 4.85. The molecule has 1 aromatic rings. The Kier molecular flexibility index (Phi) is 9.32. The molecule has 3 atom stereocenters. The van der Waals surface area contributed by atoms with Gasteiger partial charge in [0, 0.05) is 29.3 Å². The summed E-state index contributed by atoms with van der Waals surface area (Å²) in [6, 6.07) is 6.46. The maximum absolute atomic E-state index is 13.9. The van der Waals surface area contributed by atoms with Crippen molar-refractivity contribution in [3.05, 3.63) is 40.6 Å². The second-order valence-corrected chi connectivity index (χ2v) is 11.2. The van der Waals surface area contributed by atoms with Crippen LogP contribution in [0.5, 0.6) is 0 Å². The molecule has 3 unspecified atom stereocenters. The Hall–Kier alpha value is -1.47. The molecule has 1 saturated heterocycles. The summed E-state index contributed by atoms with van der Waals surface area (Å²) in [6.45, 7) is 5.20. The van der Waals surface area contributed by atoms with Crippen LogP contribution in [0.4, 0.5) is 4.39 Å². The first-order chi connectivity index (χ1) is 14.9. The van der Waals surface area contributed by atoms with E-state index in [4.69, 9.17) is 0 Å². The van der Waals surface area contributed by atoms with Crippen LogP contribution < -0.4 is 10.6 Å². The van der Waals surface area contributed by atoms with Gasteiger partial charge in [-0.2, -0.15) is 11.8 Å². The average molecular weight is 465 g/mol. The Morgan fingerprint density at radius 1 is 1.32 bits per heavy atom. The molecular formula is C24H33FN2O2S2. The van der Waals surface area contributed by atoms with Crippen molar-refractivity contribution in [2.45, 2.75) is 57.2 Å². The molecule has 1 aromatic carbocycles. The van der Waals surface area contributed by atoms with Crippen LogP contribution in [0.3, 0.4) is 0 Å². The first kappa shape index (κ1) is 24.2. The van der Waals surface area contributed by atoms with Crippen molar-refractivity contribution >= 4 is 41.4 Å². The summed E-state index contributed by atoms with van der Waals surface area (Å²) in [5.41, 5.74) is 0.425. The first-order valence-electron chi connectivity index (χ1n) is 11.2. The van der Waals surface area contributed by atoms with Crippen LogP contribution in [0, 0.1) is 17.7 Å². The zero-order valence-corrected chi connectivity index (χ0v) is 20.0. The third-order valence-corrected chi connectivity index (χ3v) is 8.30. The Morgan fingerprint density at radius 2 is 2.13 bits per heavy atom. The molecular weight excluding hydrogens is 431 g/mol. The minimum atomic E-state index is -0.329. The smallest absolute Gasteiger partial charge is 0.257 e. The highest BCUT2D eigenvalue weighted by atomic mass is 32.2. The Morgan fingerprint density at radius 3 is 2.90 bits per heavy atom. The summed E-state index contributed by atoms with van der Waals surface area (Å²) >= 11 is 3.47. The molecule has 0 aromatic heterocycles. The molecule has 1 heterocycles. The lowest BCUT2D eigenvalue weighted by Crippen LogP contribution is -2.51. The van der Waals surface area contributed by atoms with E-state index in [-0.39, 0.29) is 34.8 Å². The summed E-state index contributed by atoms with van der Waals surface area (Å²) in [5, 5.41) is 6.37. The summed E-state index contributed by atoms with van der Waals surface area (Å²) in [4.78, 5) is 25.7. The molecule has 3 rings (SSSR count). The molecule has 1 saturated carbocycles. The lowest BCUT2D eigenvalue weighted by molar-refractivity contribution is -0.127. The molecule has 170 valence electrons. The maximum Gasteiger partial charge on any atom is 0.257 e. The van der Waals surface area contributed by atoms with Crippen LogP contribution in [0.25, 0.3) is 6.08 Å². The fraction of sp³-hybridized carbons (Fsp3) is 0.583. The molecule has 0 bridgehead atoms. The molecule has 1 aliphatic carbocycles. The molecule has 0 radical (unpaired) electrons. The third kappa shape index (κ3) is 7.28. The molecule has 0 spiro atoms. The summed E-state index contributed by atoms with van der Waals surface area (Å²) in [5.74, 6) is 2.56. The third-order valence-electron chi connectivity index (χ3n) is 5.77. The second kappa shape index (κ2) is 12.0. The van der Waals surface area contributed by atoms with Gasteiger partial charge in [-0.1, -0.05) is 32.0 Å². The number of hydrogen-bond donors (Lipinski definition) is 2. The zero-order valence-electron chi connectivity index (χ0n) is 18.4. The largest absolute Gasteiger partial charge is 0.356 e. The van der Waals surface area contributed by atoms with Crippen molar-refractivity contribution in [3.63, 3.8) is 0 Å². The van der Waals surface area contributed by atoms with Crippen LogP contribution in [-0.2, 0) is 9.59 Å². The van der Waals surface area contributed by atoms with Crippen molar-refractivity contribution in [2.24, 2.45) is 11.8 Å². The molecule has 4 nitrogen and oxygen atoms in total. The highest BCUT2D eigenvalue weighted by molar-refractivity contribution is 8.04. The van der Waals surface area contributed by atoms with Crippen molar-refractivity contribution < 1.29 is 14.0 Å². The maximum atomic E-state index is 13.9. The molecule has 2 N–H and O–H groups in total. The quantitative estimate of drug-likeness (QED) is 0.405. The predicted molar refractivity (Wildman–Crippen MR) is 129 cm³/mol. The minimum absolute atomic E-state index is 0.00800. The van der Waals surface area contributed by atoms with Gasteiger partial charge in [-0.15, -0.1) is 11.8 Å². The number of fused-ring (bicyclic) bond motifs is 1. The standard InChI is InChI=1S/C24H33FN2O2S2/c1-16(2)10-13-30-12-5-11-26-23(28)18-8-9-21-20(14-18)27-24(29)22(31-21)15-17-6-3-4-7-19(17)25/h3-4,6-7,15-16,18,20-21H,5,8-14H2,1-2H3,(H,26,28)(H,27,29)/b22-15+. The van der Waals surface area contributed by atoms with E-state index in [1.165, 1.54) is 30.0 Å². The van der Waals surface area contributed by atoms with Gasteiger partial charge >= 0.3 is 0 Å². The van der Waals surface area contributed by atoms with E-state index < -0.39 is 0 Å². The van der Waals surface area contributed by atoms with E-state index in [0.717, 1.165) is 37.5 Å². The topological polar surface area (TPSA) is 58.2 Å². The van der Waals surface area contributed by atoms with E-state index in [0.29, 0.717) is 16.9 Å². The highest BCUT2D eigenvalue weighted by Gasteiger charge is 2.39. The van der Waals surface area contributed by atoms with Crippen molar-refractivity contribution in [1.82, 2.24) is 10.6 Å². The number of carbonyl (C=O) groups excluding carboxylic acids is 2. The average Bonchev–Trinajstić information content (AvgIpc) is 2.74. The van der Waals surface area contributed by atoms with Crippen LogP contribution in [0.15, 0.2) is 29.2 Å². The van der Waals surface area contributed by atoms with E-state index >= 15 is 0 Å². The molecule has 2 aliphatic rings. The number of carbonyl (C=O) groups is 2. The van der Waals surface area contributed by atoms with Crippen LogP contribution >= 0.6 is 23.5 Å². The zero-order chi connectivity index (χ0) is 22.2. The SMILES string of the molecule is CC(C)CCSCCCNC(=O)C1CCC2S/C(=C/c3ccccc3F)C(=O)NC2C1. The molecule has 1 aliphatic heterocycles. The fourth-order valence-corrected chi connectivity index (χ4v) is 6.39. The van der Waals surface area contributed by atoms with E-state index in [2.05, 4.69) is 24.5 Å². The molecule has 2 amide bonds. The van der Waals surface area contributed by atoms with Gasteiger partial charge in [0.1, 0.15) is 5.82 Å². The number of hydrogen-bond acceptors (Lipinski definition) is 4. The van der Waals surface area contributed by atoms with Crippen molar-refractivity contribution in [3.8, 4) is 0 Å². The van der Waals surface area contributed by atoms with Gasteiger partial charge in [-0.25, -0.2) is 4.39 Å². The summed E-state index contributed by atoms with van der Waals surface area (Å²) in [6.07, 6.45) is 6.22. The lowest BCUT2D eigenvalue weighted by Gasteiger charge is -2.39. The van der Waals surface area contributed by atoms with Gasteiger partial charge in [-0.05, 0) is 61.7 Å². The monoisotopic (exact) mass is 464 g/mol. The van der Waals surface area contributed by atoms with E-state index in [1.807, 2.05) is 11.8 Å². The summed E-state index contributed by atoms with van der Waals surface area (Å²) < 4.78 is 13.9. The number of benzene rings is 1. The van der Waals surface area contributed by atoms with Gasteiger partial charge in [0.2, 0.25) is 5.91 Å².